The Morgan fingerprint density at radius 3 is 2.00 bits per heavy atom. The van der Waals surface area contributed by atoms with Gasteiger partial charge in [0.2, 0.25) is 11.8 Å². The summed E-state index contributed by atoms with van der Waals surface area (Å²) in [4.78, 5) is 10.1. The molecular weight excluding hydrogens is 364 g/mol. The lowest BCUT2D eigenvalue weighted by Gasteiger charge is -2.33. The van der Waals surface area contributed by atoms with Gasteiger partial charge < -0.3 is 9.47 Å². The lowest BCUT2D eigenvalue weighted by molar-refractivity contribution is 0.275. The fraction of sp³-hybridized carbons (Fsp3) is 0.565. The van der Waals surface area contributed by atoms with E-state index in [1.807, 2.05) is 19.9 Å². The van der Waals surface area contributed by atoms with Crippen molar-refractivity contribution < 1.29 is 9.47 Å². The van der Waals surface area contributed by atoms with Crippen molar-refractivity contribution in [3.05, 3.63) is 48.0 Å². The molecule has 1 aromatic rings. The molecule has 0 saturated heterocycles. The SMILES string of the molecule is C=CCc1ccc(C([C@H]2N=C(OCC)[C@@H](C(C)C)N=C2OCC)[SiH](C)C)cc1. The van der Waals surface area contributed by atoms with E-state index < -0.39 is 8.80 Å². The lowest BCUT2D eigenvalue weighted by atomic mass is 9.99. The molecule has 1 unspecified atom stereocenters. The monoisotopic (exact) mass is 400 g/mol. The van der Waals surface area contributed by atoms with E-state index in [0.717, 1.165) is 18.2 Å². The molecule has 0 aromatic heterocycles. The summed E-state index contributed by atoms with van der Waals surface area (Å²) in [5.41, 5.74) is 2.91. The third-order valence-electron chi connectivity index (χ3n) is 5.06. The van der Waals surface area contributed by atoms with E-state index in [1.54, 1.807) is 0 Å². The van der Waals surface area contributed by atoms with Gasteiger partial charge in [0.05, 0.1) is 13.2 Å². The zero-order chi connectivity index (χ0) is 20.7. The average molecular weight is 401 g/mol. The Balaban J connectivity index is 2.46. The van der Waals surface area contributed by atoms with E-state index in [1.165, 1.54) is 11.1 Å². The number of rotatable bonds is 8. The predicted molar refractivity (Wildman–Crippen MR) is 122 cm³/mol. The van der Waals surface area contributed by atoms with Crippen molar-refractivity contribution in [3.63, 3.8) is 0 Å². The highest BCUT2D eigenvalue weighted by Crippen LogP contribution is 2.31. The summed E-state index contributed by atoms with van der Waals surface area (Å²) in [6.45, 7) is 18.1. The van der Waals surface area contributed by atoms with Crippen molar-refractivity contribution in [1.82, 2.24) is 0 Å². The first-order valence-electron chi connectivity index (χ1n) is 10.5. The van der Waals surface area contributed by atoms with Crippen molar-refractivity contribution in [2.45, 2.75) is 64.8 Å². The van der Waals surface area contributed by atoms with Crippen LogP contribution in [0.25, 0.3) is 0 Å². The van der Waals surface area contributed by atoms with E-state index in [0.29, 0.717) is 24.7 Å². The molecule has 3 atom stereocenters. The summed E-state index contributed by atoms with van der Waals surface area (Å²) in [5, 5.41) is 0. The number of hydrogen-bond donors (Lipinski definition) is 0. The molecule has 1 heterocycles. The van der Waals surface area contributed by atoms with Gasteiger partial charge in [0.15, 0.2) is 0 Å². The van der Waals surface area contributed by atoms with Crippen LogP contribution in [0.15, 0.2) is 46.9 Å². The van der Waals surface area contributed by atoms with Gasteiger partial charge >= 0.3 is 0 Å². The molecule has 1 aliphatic heterocycles. The first kappa shape index (κ1) is 22.4. The van der Waals surface area contributed by atoms with Gasteiger partial charge in [-0.25, -0.2) is 9.98 Å². The van der Waals surface area contributed by atoms with Crippen LogP contribution in [-0.4, -0.2) is 45.9 Å². The number of hydrogen-bond acceptors (Lipinski definition) is 4. The Labute approximate surface area is 172 Å². The molecule has 0 saturated carbocycles. The molecule has 0 bridgehead atoms. The van der Waals surface area contributed by atoms with Crippen LogP contribution >= 0.6 is 0 Å². The standard InChI is InChI=1S/C23H36N2O2Si/c1-8-11-17-12-14-18(15-13-17)21(28(6)7)20-23(27-10-3)24-19(16(4)5)22(25-20)26-9-2/h8,12-16,19-21,28H,1,9-11H2,2-7H3/t19-,20-,21?/m1/s1. The van der Waals surface area contributed by atoms with E-state index in [2.05, 4.69) is 57.8 Å². The van der Waals surface area contributed by atoms with Gasteiger partial charge in [-0.15, -0.1) is 6.58 Å². The van der Waals surface area contributed by atoms with Crippen LogP contribution in [0.2, 0.25) is 13.1 Å². The largest absolute Gasteiger partial charge is 0.480 e. The van der Waals surface area contributed by atoms with E-state index >= 15 is 0 Å². The Kier molecular flexibility index (Phi) is 8.49. The maximum Gasteiger partial charge on any atom is 0.210 e. The van der Waals surface area contributed by atoms with E-state index in [4.69, 9.17) is 19.5 Å². The molecule has 4 nitrogen and oxygen atoms in total. The summed E-state index contributed by atoms with van der Waals surface area (Å²) in [7, 11) is -1.12. The van der Waals surface area contributed by atoms with Crippen LogP contribution in [0.1, 0.15) is 44.4 Å². The third-order valence-corrected chi connectivity index (χ3v) is 7.24. The van der Waals surface area contributed by atoms with Crippen LogP contribution in [0, 0.1) is 5.92 Å². The zero-order valence-corrected chi connectivity index (χ0v) is 19.5. The fourth-order valence-corrected chi connectivity index (χ4v) is 5.69. The first-order valence-corrected chi connectivity index (χ1v) is 13.5. The van der Waals surface area contributed by atoms with Gasteiger partial charge in [0.25, 0.3) is 0 Å². The van der Waals surface area contributed by atoms with Gasteiger partial charge in [0.1, 0.15) is 12.1 Å². The summed E-state index contributed by atoms with van der Waals surface area (Å²) >= 11 is 0. The molecule has 0 aliphatic carbocycles. The topological polar surface area (TPSA) is 43.2 Å². The van der Waals surface area contributed by atoms with Crippen molar-refractivity contribution in [2.75, 3.05) is 13.2 Å². The highest BCUT2D eigenvalue weighted by molar-refractivity contribution is 6.58. The number of aliphatic imine (C=N–C) groups is 2. The van der Waals surface area contributed by atoms with Crippen LogP contribution in [0.3, 0.4) is 0 Å². The molecule has 154 valence electrons. The van der Waals surface area contributed by atoms with Crippen molar-refractivity contribution in [3.8, 4) is 0 Å². The maximum atomic E-state index is 6.01. The molecule has 0 amide bonds. The van der Waals surface area contributed by atoms with Crippen LogP contribution in [-0.2, 0) is 15.9 Å². The molecule has 0 fully saturated rings. The van der Waals surface area contributed by atoms with Gasteiger partial charge in [0, 0.05) is 14.3 Å². The Morgan fingerprint density at radius 1 is 1.00 bits per heavy atom. The third kappa shape index (κ3) is 5.34. The van der Waals surface area contributed by atoms with Gasteiger partial charge in [-0.1, -0.05) is 57.3 Å². The van der Waals surface area contributed by atoms with Gasteiger partial charge in [-0.05, 0) is 37.3 Å². The molecule has 5 heteroatoms. The minimum absolute atomic E-state index is 0.0674. The highest BCUT2D eigenvalue weighted by atomic mass is 28.3. The first-order chi connectivity index (χ1) is 13.4. The zero-order valence-electron chi connectivity index (χ0n) is 18.3. The van der Waals surface area contributed by atoms with Crippen molar-refractivity contribution >= 4 is 20.6 Å². The maximum absolute atomic E-state index is 6.01. The van der Waals surface area contributed by atoms with E-state index in [9.17, 15) is 0 Å². The predicted octanol–water partition coefficient (Wildman–Crippen LogP) is 4.80. The smallest absolute Gasteiger partial charge is 0.210 e. The molecule has 0 spiro atoms. The van der Waals surface area contributed by atoms with Crippen LogP contribution < -0.4 is 0 Å². The Hall–Kier alpha value is -1.88. The molecule has 0 radical (unpaired) electrons. The van der Waals surface area contributed by atoms with Crippen LogP contribution in [0.4, 0.5) is 0 Å². The number of nitrogens with zero attached hydrogens (tertiary/aromatic N) is 2. The van der Waals surface area contributed by atoms with Gasteiger partial charge in [-0.2, -0.15) is 0 Å². The molecule has 1 aliphatic rings. The average Bonchev–Trinajstić information content (AvgIpc) is 2.65. The molecule has 1 aromatic carbocycles. The second kappa shape index (κ2) is 10.6. The second-order valence-corrected chi connectivity index (χ2v) is 11.1. The quantitative estimate of drug-likeness (QED) is 0.465. The summed E-state index contributed by atoms with van der Waals surface area (Å²) in [6.07, 6.45) is 2.83. The Morgan fingerprint density at radius 2 is 1.54 bits per heavy atom. The molecule has 28 heavy (non-hydrogen) atoms. The summed E-state index contributed by atoms with van der Waals surface area (Å²) < 4.78 is 11.9. The minimum atomic E-state index is -1.12. The molecular formula is C23H36N2O2Si. The number of ether oxygens (including phenoxy) is 2. The van der Waals surface area contributed by atoms with Gasteiger partial charge in [-0.3, -0.25) is 0 Å². The Bertz CT molecular complexity index is 695. The van der Waals surface area contributed by atoms with Crippen molar-refractivity contribution in [2.24, 2.45) is 15.9 Å². The van der Waals surface area contributed by atoms with E-state index in [-0.39, 0.29) is 12.1 Å². The minimum Gasteiger partial charge on any atom is -0.480 e. The fourth-order valence-electron chi connectivity index (χ4n) is 3.72. The summed E-state index contributed by atoms with van der Waals surface area (Å²) in [5.74, 6) is 1.84. The van der Waals surface area contributed by atoms with Crippen LogP contribution in [0.5, 0.6) is 0 Å². The highest BCUT2D eigenvalue weighted by Gasteiger charge is 2.38. The normalized spacial score (nSPS) is 20.6. The summed E-state index contributed by atoms with van der Waals surface area (Å²) in [6, 6.07) is 8.71. The molecule has 0 N–H and O–H groups in total. The second-order valence-electron chi connectivity index (χ2n) is 7.94. The lowest BCUT2D eigenvalue weighted by Crippen LogP contribution is -2.43. The van der Waals surface area contributed by atoms with Crippen molar-refractivity contribution in [1.29, 1.82) is 0 Å². The number of allylic oxidation sites excluding steroid dienone is 1. The number of benzene rings is 1. The molecule has 2 rings (SSSR count).